The lowest BCUT2D eigenvalue weighted by atomic mass is 10.2. The van der Waals surface area contributed by atoms with E-state index in [0.29, 0.717) is 23.0 Å². The minimum absolute atomic E-state index is 0.0477. The van der Waals surface area contributed by atoms with Crippen LogP contribution in [0.25, 0.3) is 16.7 Å². The van der Waals surface area contributed by atoms with E-state index in [0.717, 1.165) is 5.56 Å². The standard InChI is InChI=1S/C19H18N6O3S/c1-11-4-3-6-25-15(11)22-16-13(18(25)27)10-12(14(20)24(16)7-8-28-2)17(26)23-19-21-5-9-29-19/h3-6,9-10,20H,7-8H2,1-2H3,(H,21,23,26). The van der Waals surface area contributed by atoms with Crippen LogP contribution in [0.2, 0.25) is 0 Å². The summed E-state index contributed by atoms with van der Waals surface area (Å²) >= 11 is 1.27. The molecule has 4 aromatic rings. The van der Waals surface area contributed by atoms with E-state index in [1.165, 1.54) is 26.4 Å². The molecule has 0 aliphatic carbocycles. The fourth-order valence-electron chi connectivity index (χ4n) is 3.12. The predicted molar refractivity (Wildman–Crippen MR) is 109 cm³/mol. The molecule has 0 spiro atoms. The van der Waals surface area contributed by atoms with Crippen molar-refractivity contribution < 1.29 is 9.53 Å². The smallest absolute Gasteiger partial charge is 0.267 e. The number of ether oxygens (including phenoxy) is 1. The Kier molecular flexibility index (Phi) is 4.95. The van der Waals surface area contributed by atoms with Gasteiger partial charge in [0.05, 0.1) is 17.6 Å². The van der Waals surface area contributed by atoms with Gasteiger partial charge in [-0.2, -0.15) is 0 Å². The van der Waals surface area contributed by atoms with Crippen molar-refractivity contribution in [3.8, 4) is 0 Å². The Morgan fingerprint density at radius 2 is 2.21 bits per heavy atom. The zero-order valence-electron chi connectivity index (χ0n) is 15.8. The van der Waals surface area contributed by atoms with E-state index < -0.39 is 5.91 Å². The minimum Gasteiger partial charge on any atom is -0.383 e. The van der Waals surface area contributed by atoms with Gasteiger partial charge < -0.3 is 9.30 Å². The number of carbonyl (C=O) groups excluding carboxylic acids is 1. The SMILES string of the molecule is COCCn1c(=N)c(C(=O)Nc2nccs2)cc2c(=O)n3cccc(C)c3nc21. The van der Waals surface area contributed by atoms with Crippen molar-refractivity contribution in [2.45, 2.75) is 13.5 Å². The van der Waals surface area contributed by atoms with E-state index in [4.69, 9.17) is 10.1 Å². The molecular weight excluding hydrogens is 392 g/mol. The molecule has 0 saturated carbocycles. The van der Waals surface area contributed by atoms with Gasteiger partial charge in [0, 0.05) is 31.4 Å². The van der Waals surface area contributed by atoms with Crippen molar-refractivity contribution >= 4 is 39.1 Å². The van der Waals surface area contributed by atoms with Crippen LogP contribution in [0.15, 0.2) is 40.8 Å². The summed E-state index contributed by atoms with van der Waals surface area (Å²) < 4.78 is 8.13. The molecule has 9 nitrogen and oxygen atoms in total. The zero-order valence-corrected chi connectivity index (χ0v) is 16.6. The molecule has 10 heteroatoms. The summed E-state index contributed by atoms with van der Waals surface area (Å²) in [5.74, 6) is -0.508. The number of fused-ring (bicyclic) bond motifs is 2. The summed E-state index contributed by atoms with van der Waals surface area (Å²) in [4.78, 5) is 34.6. The third kappa shape index (κ3) is 3.32. The number of aryl methyl sites for hydroxylation is 1. The van der Waals surface area contributed by atoms with Crippen LogP contribution in [0.4, 0.5) is 5.13 Å². The fraction of sp³-hybridized carbons (Fsp3) is 0.211. The third-order valence-corrected chi connectivity index (χ3v) is 5.24. The van der Waals surface area contributed by atoms with Crippen LogP contribution in [-0.2, 0) is 11.3 Å². The average Bonchev–Trinajstić information content (AvgIpc) is 3.21. The van der Waals surface area contributed by atoms with Gasteiger partial charge in [-0.05, 0) is 24.6 Å². The van der Waals surface area contributed by atoms with E-state index in [1.54, 1.807) is 30.9 Å². The molecule has 0 radical (unpaired) electrons. The van der Waals surface area contributed by atoms with Gasteiger partial charge in [-0.3, -0.25) is 24.7 Å². The number of nitrogens with zero attached hydrogens (tertiary/aromatic N) is 4. The van der Waals surface area contributed by atoms with Crippen LogP contribution in [0.1, 0.15) is 15.9 Å². The molecule has 148 valence electrons. The Balaban J connectivity index is 2.00. The van der Waals surface area contributed by atoms with Crippen LogP contribution >= 0.6 is 11.3 Å². The number of rotatable bonds is 5. The van der Waals surface area contributed by atoms with Gasteiger partial charge in [-0.1, -0.05) is 6.07 Å². The third-order valence-electron chi connectivity index (χ3n) is 4.55. The Labute approximate surface area is 168 Å². The minimum atomic E-state index is -0.508. The number of amides is 1. The number of hydrogen-bond acceptors (Lipinski definition) is 7. The number of carbonyl (C=O) groups is 1. The first-order valence-electron chi connectivity index (χ1n) is 8.81. The van der Waals surface area contributed by atoms with Gasteiger partial charge in [-0.15, -0.1) is 11.3 Å². The van der Waals surface area contributed by atoms with Crippen molar-refractivity contribution in [1.29, 1.82) is 5.41 Å². The van der Waals surface area contributed by atoms with Gasteiger partial charge in [0.1, 0.15) is 16.8 Å². The fourth-order valence-corrected chi connectivity index (χ4v) is 3.64. The molecule has 0 atom stereocenters. The summed E-state index contributed by atoms with van der Waals surface area (Å²) in [7, 11) is 1.55. The second kappa shape index (κ2) is 7.57. The van der Waals surface area contributed by atoms with E-state index in [9.17, 15) is 9.59 Å². The van der Waals surface area contributed by atoms with Crippen LogP contribution in [0.3, 0.4) is 0 Å². The van der Waals surface area contributed by atoms with Gasteiger partial charge in [0.2, 0.25) is 0 Å². The second-order valence-electron chi connectivity index (χ2n) is 6.38. The molecule has 0 fully saturated rings. The number of hydrogen-bond donors (Lipinski definition) is 2. The molecule has 2 N–H and O–H groups in total. The zero-order chi connectivity index (χ0) is 20.5. The average molecular weight is 410 g/mol. The number of methoxy groups -OCH3 is 1. The van der Waals surface area contributed by atoms with Gasteiger partial charge in [-0.25, -0.2) is 9.97 Å². The first-order valence-corrected chi connectivity index (χ1v) is 9.69. The molecule has 1 amide bonds. The molecule has 4 rings (SSSR count). The molecular formula is C19H18N6O3S. The van der Waals surface area contributed by atoms with E-state index in [1.807, 2.05) is 13.0 Å². The summed E-state index contributed by atoms with van der Waals surface area (Å²) in [5.41, 5.74) is 1.40. The van der Waals surface area contributed by atoms with Crippen molar-refractivity contribution in [3.05, 3.63) is 62.9 Å². The molecule has 0 aliphatic heterocycles. The highest BCUT2D eigenvalue weighted by atomic mass is 32.1. The molecule has 4 heterocycles. The monoisotopic (exact) mass is 410 g/mol. The topological polar surface area (TPSA) is 114 Å². The van der Waals surface area contributed by atoms with Crippen molar-refractivity contribution in [3.63, 3.8) is 0 Å². The molecule has 0 saturated heterocycles. The van der Waals surface area contributed by atoms with E-state index in [-0.39, 0.29) is 28.5 Å². The number of aromatic nitrogens is 4. The quantitative estimate of drug-likeness (QED) is 0.487. The summed E-state index contributed by atoms with van der Waals surface area (Å²) in [6, 6.07) is 5.06. The summed E-state index contributed by atoms with van der Waals surface area (Å²) in [5, 5.41) is 13.7. The van der Waals surface area contributed by atoms with E-state index >= 15 is 0 Å². The Morgan fingerprint density at radius 1 is 1.38 bits per heavy atom. The molecule has 0 bridgehead atoms. The highest BCUT2D eigenvalue weighted by Gasteiger charge is 2.18. The molecule has 4 aromatic heterocycles. The maximum Gasteiger partial charge on any atom is 0.267 e. The molecule has 0 aromatic carbocycles. The first kappa shape index (κ1) is 19.0. The first-order chi connectivity index (χ1) is 14.0. The summed E-state index contributed by atoms with van der Waals surface area (Å²) in [6.45, 7) is 2.45. The Morgan fingerprint density at radius 3 is 2.93 bits per heavy atom. The number of pyridine rings is 2. The normalized spacial score (nSPS) is 11.2. The van der Waals surface area contributed by atoms with Gasteiger partial charge in [0.25, 0.3) is 11.5 Å². The highest BCUT2D eigenvalue weighted by molar-refractivity contribution is 7.13. The van der Waals surface area contributed by atoms with Crippen LogP contribution in [0.5, 0.6) is 0 Å². The second-order valence-corrected chi connectivity index (χ2v) is 7.28. The highest BCUT2D eigenvalue weighted by Crippen LogP contribution is 2.15. The van der Waals surface area contributed by atoms with Crippen LogP contribution in [0, 0.1) is 12.3 Å². The lowest BCUT2D eigenvalue weighted by molar-refractivity contribution is 0.102. The maximum absolute atomic E-state index is 13.1. The van der Waals surface area contributed by atoms with Gasteiger partial charge in [0.15, 0.2) is 5.13 Å². The Bertz CT molecular complexity index is 1340. The van der Waals surface area contributed by atoms with Crippen molar-refractivity contribution in [2.24, 2.45) is 0 Å². The van der Waals surface area contributed by atoms with Crippen LogP contribution in [-0.4, -0.2) is 38.6 Å². The molecule has 0 aliphatic rings. The maximum atomic E-state index is 13.1. The predicted octanol–water partition coefficient (Wildman–Crippen LogP) is 1.79. The summed E-state index contributed by atoms with van der Waals surface area (Å²) in [6.07, 6.45) is 3.21. The molecule has 0 unspecified atom stereocenters. The Hall–Kier alpha value is -3.37. The van der Waals surface area contributed by atoms with Crippen molar-refractivity contribution in [1.82, 2.24) is 18.9 Å². The number of thiazole rings is 1. The molecule has 29 heavy (non-hydrogen) atoms. The van der Waals surface area contributed by atoms with E-state index in [2.05, 4.69) is 15.3 Å². The van der Waals surface area contributed by atoms with Gasteiger partial charge >= 0.3 is 0 Å². The lowest BCUT2D eigenvalue weighted by Gasteiger charge is -2.14. The van der Waals surface area contributed by atoms with Crippen LogP contribution < -0.4 is 16.4 Å². The number of anilines is 1. The number of nitrogens with one attached hydrogen (secondary N) is 2. The van der Waals surface area contributed by atoms with Crippen molar-refractivity contribution in [2.75, 3.05) is 19.0 Å². The lowest BCUT2D eigenvalue weighted by Crippen LogP contribution is -2.33. The largest absolute Gasteiger partial charge is 0.383 e.